The van der Waals surface area contributed by atoms with Crippen LogP contribution in [0, 0.1) is 0 Å². The Bertz CT molecular complexity index is 742. The molecule has 2 aromatic rings. The predicted octanol–water partition coefficient (Wildman–Crippen LogP) is 3.59. The maximum atomic E-state index is 10.4. The number of aliphatic hydroxyl groups excluding tert-OH is 1. The summed E-state index contributed by atoms with van der Waals surface area (Å²) in [5.74, 6) is 1.69. The number of nitrogens with zero attached hydrogens (tertiary/aromatic N) is 3. The maximum Gasteiger partial charge on any atom is 0.142 e. The summed E-state index contributed by atoms with van der Waals surface area (Å²) in [4.78, 5) is 6.67. The van der Waals surface area contributed by atoms with Gasteiger partial charge in [-0.25, -0.2) is 0 Å². The van der Waals surface area contributed by atoms with Crippen LogP contribution in [0.5, 0.6) is 11.5 Å². The lowest BCUT2D eigenvalue weighted by Crippen LogP contribution is -2.49. The van der Waals surface area contributed by atoms with E-state index in [1.807, 2.05) is 61.5 Å². The van der Waals surface area contributed by atoms with Gasteiger partial charge in [-0.2, -0.15) is 0 Å². The van der Waals surface area contributed by atoms with Gasteiger partial charge >= 0.3 is 0 Å². The van der Waals surface area contributed by atoms with E-state index in [1.54, 1.807) is 7.11 Å². The van der Waals surface area contributed by atoms with E-state index >= 15 is 0 Å². The third-order valence-corrected chi connectivity index (χ3v) is 5.06. The van der Waals surface area contributed by atoms with Crippen LogP contribution >= 0.6 is 37.2 Å². The molecule has 0 amide bonds. The van der Waals surface area contributed by atoms with Gasteiger partial charge in [-0.05, 0) is 36.4 Å². The molecule has 9 heteroatoms. The number of piperazine rings is 1. The molecule has 0 aliphatic carbocycles. The van der Waals surface area contributed by atoms with Gasteiger partial charge in [0.1, 0.15) is 24.2 Å². The Labute approximate surface area is 204 Å². The number of hydrogen-bond donors (Lipinski definition) is 1. The van der Waals surface area contributed by atoms with E-state index in [0.29, 0.717) is 13.2 Å². The minimum atomic E-state index is -0.508. The first-order chi connectivity index (χ1) is 13.6. The third-order valence-electron chi connectivity index (χ3n) is 5.06. The van der Waals surface area contributed by atoms with Crippen molar-refractivity contribution < 1.29 is 14.6 Å². The molecule has 0 radical (unpaired) electrons. The zero-order chi connectivity index (χ0) is 19.9. The van der Waals surface area contributed by atoms with Gasteiger partial charge in [0.2, 0.25) is 0 Å². The molecule has 1 saturated heterocycles. The molecular formula is C22H34Cl3N3O3. The summed E-state index contributed by atoms with van der Waals surface area (Å²) in [7, 11) is 5.72. The molecule has 176 valence electrons. The predicted molar refractivity (Wildman–Crippen MR) is 136 cm³/mol. The molecule has 1 N–H and O–H groups in total. The van der Waals surface area contributed by atoms with Crippen molar-refractivity contribution in [2.24, 2.45) is 0 Å². The molecule has 1 aliphatic heterocycles. The summed E-state index contributed by atoms with van der Waals surface area (Å²) in [6, 6.07) is 16.0. The van der Waals surface area contributed by atoms with Crippen molar-refractivity contribution in [2.75, 3.05) is 70.3 Å². The zero-order valence-corrected chi connectivity index (χ0v) is 20.7. The average Bonchev–Trinajstić information content (AvgIpc) is 2.73. The maximum absolute atomic E-state index is 10.4. The van der Waals surface area contributed by atoms with E-state index in [9.17, 15) is 5.11 Å². The summed E-state index contributed by atoms with van der Waals surface area (Å²) in [6.07, 6.45) is -0.508. The standard InChI is InChI=1S/C22H31N3O3.3ClH/c1-23(2)18-8-10-20(11-9-18)28-17-19(26)16-24-12-14-25(15-13-24)21-6-4-5-7-22(21)27-3;;;/h4-11,19,26H,12-17H2,1-3H3;3*1H. The van der Waals surface area contributed by atoms with E-state index < -0.39 is 6.10 Å². The van der Waals surface area contributed by atoms with Gasteiger partial charge in [0.15, 0.2) is 0 Å². The fraction of sp³-hybridized carbons (Fsp3) is 0.455. The molecule has 0 spiro atoms. The summed E-state index contributed by atoms with van der Waals surface area (Å²) in [6.45, 7) is 4.57. The Hall–Kier alpha value is -1.57. The molecule has 1 fully saturated rings. The van der Waals surface area contributed by atoms with Crippen LogP contribution in [0.4, 0.5) is 11.4 Å². The van der Waals surface area contributed by atoms with Gasteiger partial charge in [0.25, 0.3) is 0 Å². The Morgan fingerprint density at radius 3 is 2.13 bits per heavy atom. The van der Waals surface area contributed by atoms with E-state index in [4.69, 9.17) is 9.47 Å². The van der Waals surface area contributed by atoms with Gasteiger partial charge in [-0.15, -0.1) is 37.2 Å². The first-order valence-electron chi connectivity index (χ1n) is 9.75. The van der Waals surface area contributed by atoms with Crippen LogP contribution in [0.15, 0.2) is 48.5 Å². The molecule has 6 nitrogen and oxygen atoms in total. The van der Waals surface area contributed by atoms with Gasteiger partial charge in [0.05, 0.1) is 12.8 Å². The van der Waals surface area contributed by atoms with E-state index in [2.05, 4.69) is 15.9 Å². The topological polar surface area (TPSA) is 48.4 Å². The number of halogens is 3. The molecule has 0 aromatic heterocycles. The lowest BCUT2D eigenvalue weighted by Gasteiger charge is -2.37. The quantitative estimate of drug-likeness (QED) is 0.605. The van der Waals surface area contributed by atoms with Gasteiger partial charge in [-0.1, -0.05) is 12.1 Å². The second kappa shape index (κ2) is 14.5. The number of anilines is 2. The van der Waals surface area contributed by atoms with Crippen LogP contribution in [0.3, 0.4) is 0 Å². The average molecular weight is 495 g/mol. The number of aliphatic hydroxyl groups is 1. The zero-order valence-electron chi connectivity index (χ0n) is 18.3. The normalized spacial score (nSPS) is 14.4. The summed E-state index contributed by atoms with van der Waals surface area (Å²) < 4.78 is 11.2. The van der Waals surface area contributed by atoms with Gasteiger partial charge in [-0.3, -0.25) is 4.90 Å². The van der Waals surface area contributed by atoms with Crippen molar-refractivity contribution in [2.45, 2.75) is 6.10 Å². The SMILES string of the molecule is COc1ccccc1N1CCN(CC(O)COc2ccc(N(C)C)cc2)CC1.Cl.Cl.Cl. The van der Waals surface area contributed by atoms with Crippen molar-refractivity contribution in [3.05, 3.63) is 48.5 Å². The van der Waals surface area contributed by atoms with Crippen molar-refractivity contribution in [3.8, 4) is 11.5 Å². The van der Waals surface area contributed by atoms with E-state index in [0.717, 1.165) is 49.1 Å². The number of para-hydroxylation sites is 2. The molecule has 2 aromatic carbocycles. The Kier molecular flexibility index (Phi) is 13.8. The highest BCUT2D eigenvalue weighted by molar-refractivity contribution is 5.86. The molecule has 0 bridgehead atoms. The van der Waals surface area contributed by atoms with E-state index in [1.165, 1.54) is 0 Å². The number of hydrogen-bond acceptors (Lipinski definition) is 6. The van der Waals surface area contributed by atoms with Crippen molar-refractivity contribution in [1.29, 1.82) is 0 Å². The summed E-state index contributed by atoms with van der Waals surface area (Å²) >= 11 is 0. The molecule has 1 heterocycles. The smallest absolute Gasteiger partial charge is 0.142 e. The Balaban J connectivity index is 0.00000300. The minimum Gasteiger partial charge on any atom is -0.495 e. The van der Waals surface area contributed by atoms with Crippen molar-refractivity contribution in [1.82, 2.24) is 4.90 Å². The number of rotatable bonds is 8. The highest BCUT2D eigenvalue weighted by atomic mass is 35.5. The molecule has 3 rings (SSSR count). The number of ether oxygens (including phenoxy) is 2. The van der Waals surface area contributed by atoms with Crippen molar-refractivity contribution >= 4 is 48.6 Å². The first kappa shape index (κ1) is 29.4. The van der Waals surface area contributed by atoms with Crippen molar-refractivity contribution in [3.63, 3.8) is 0 Å². The molecule has 1 atom stereocenters. The van der Waals surface area contributed by atoms with Crippen LogP contribution in [-0.2, 0) is 0 Å². The Morgan fingerprint density at radius 1 is 0.935 bits per heavy atom. The van der Waals surface area contributed by atoms with Gasteiger partial charge in [0, 0.05) is 52.5 Å². The summed E-state index contributed by atoms with van der Waals surface area (Å²) in [5.41, 5.74) is 2.26. The van der Waals surface area contributed by atoms with Gasteiger partial charge < -0.3 is 24.4 Å². The molecule has 0 saturated carbocycles. The second-order valence-electron chi connectivity index (χ2n) is 7.31. The fourth-order valence-electron chi connectivity index (χ4n) is 3.45. The van der Waals surface area contributed by atoms with Crippen LogP contribution in [0.1, 0.15) is 0 Å². The summed E-state index contributed by atoms with van der Waals surface area (Å²) in [5, 5.41) is 10.4. The lowest BCUT2D eigenvalue weighted by molar-refractivity contribution is 0.0663. The third kappa shape index (κ3) is 8.47. The Morgan fingerprint density at radius 2 is 1.55 bits per heavy atom. The van der Waals surface area contributed by atoms with E-state index in [-0.39, 0.29) is 37.2 Å². The molecule has 1 aliphatic rings. The monoisotopic (exact) mass is 493 g/mol. The molecule has 31 heavy (non-hydrogen) atoms. The number of methoxy groups -OCH3 is 1. The van der Waals surface area contributed by atoms with Crippen LogP contribution < -0.4 is 19.3 Å². The number of β-amino-alcohol motifs (C(OH)–C–C–N with tert-alkyl or cyclic N) is 1. The fourth-order valence-corrected chi connectivity index (χ4v) is 3.45. The molecule has 1 unspecified atom stereocenters. The number of benzene rings is 2. The highest BCUT2D eigenvalue weighted by Gasteiger charge is 2.21. The highest BCUT2D eigenvalue weighted by Crippen LogP contribution is 2.28. The molecular weight excluding hydrogens is 461 g/mol. The largest absolute Gasteiger partial charge is 0.495 e. The lowest BCUT2D eigenvalue weighted by atomic mass is 10.2. The second-order valence-corrected chi connectivity index (χ2v) is 7.31. The van der Waals surface area contributed by atoms with Crippen LogP contribution in [-0.4, -0.2) is 76.6 Å². The minimum absolute atomic E-state index is 0. The first-order valence-corrected chi connectivity index (χ1v) is 9.75. The van der Waals surface area contributed by atoms with Crippen LogP contribution in [0.25, 0.3) is 0 Å². The van der Waals surface area contributed by atoms with Crippen LogP contribution in [0.2, 0.25) is 0 Å².